The summed E-state index contributed by atoms with van der Waals surface area (Å²) in [5, 5.41) is 3.40. The number of hydrogen-bond acceptors (Lipinski definition) is 3. The topological polar surface area (TPSA) is 52.6 Å². The van der Waals surface area contributed by atoms with Crippen LogP contribution >= 0.6 is 11.6 Å². The highest BCUT2D eigenvalue weighted by atomic mass is 35.5. The van der Waals surface area contributed by atoms with E-state index in [1.54, 1.807) is 48.5 Å². The van der Waals surface area contributed by atoms with Gasteiger partial charge in [0.25, 0.3) is 11.8 Å². The van der Waals surface area contributed by atoms with Gasteiger partial charge in [-0.3, -0.25) is 9.59 Å². The molecule has 0 aromatic heterocycles. The van der Waals surface area contributed by atoms with Crippen molar-refractivity contribution >= 4 is 29.1 Å². The molecular formula is C19H20ClN3O2. The smallest absolute Gasteiger partial charge is 0.255 e. The summed E-state index contributed by atoms with van der Waals surface area (Å²) in [6.45, 7) is 3.19. The highest BCUT2D eigenvalue weighted by Crippen LogP contribution is 2.16. The van der Waals surface area contributed by atoms with E-state index in [1.807, 2.05) is 4.90 Å². The first-order valence-electron chi connectivity index (χ1n) is 8.18. The second-order valence-electron chi connectivity index (χ2n) is 6.14. The number of amides is 2. The monoisotopic (exact) mass is 357 g/mol. The van der Waals surface area contributed by atoms with Crippen LogP contribution < -0.4 is 5.32 Å². The van der Waals surface area contributed by atoms with Crippen LogP contribution in [0.25, 0.3) is 0 Å². The van der Waals surface area contributed by atoms with Crippen molar-refractivity contribution < 1.29 is 9.59 Å². The molecule has 1 aliphatic rings. The summed E-state index contributed by atoms with van der Waals surface area (Å²) in [6.07, 6.45) is 0. The Bertz CT molecular complexity index is 768. The first kappa shape index (κ1) is 17.5. The largest absolute Gasteiger partial charge is 0.336 e. The van der Waals surface area contributed by atoms with Crippen LogP contribution in [0.1, 0.15) is 20.7 Å². The Balaban J connectivity index is 1.69. The normalized spacial score (nSPS) is 15.0. The van der Waals surface area contributed by atoms with Crippen LogP contribution in [0, 0.1) is 0 Å². The summed E-state index contributed by atoms with van der Waals surface area (Å²) in [5.41, 5.74) is 1.69. The Morgan fingerprint density at radius 3 is 2.32 bits per heavy atom. The summed E-state index contributed by atoms with van der Waals surface area (Å²) < 4.78 is 0. The minimum Gasteiger partial charge on any atom is -0.336 e. The average molecular weight is 358 g/mol. The van der Waals surface area contributed by atoms with Crippen molar-refractivity contribution in [2.45, 2.75) is 0 Å². The molecule has 0 radical (unpaired) electrons. The third-order valence-electron chi connectivity index (χ3n) is 4.26. The number of rotatable bonds is 3. The van der Waals surface area contributed by atoms with Gasteiger partial charge in [-0.1, -0.05) is 17.7 Å². The molecule has 0 atom stereocenters. The van der Waals surface area contributed by atoms with E-state index in [0.717, 1.165) is 26.2 Å². The molecular weight excluding hydrogens is 338 g/mol. The second kappa shape index (κ2) is 7.68. The van der Waals surface area contributed by atoms with Gasteiger partial charge in [-0.25, -0.2) is 0 Å². The van der Waals surface area contributed by atoms with E-state index in [4.69, 9.17) is 11.6 Å². The lowest BCUT2D eigenvalue weighted by Crippen LogP contribution is -2.47. The third-order valence-corrected chi connectivity index (χ3v) is 4.52. The van der Waals surface area contributed by atoms with Crippen LogP contribution in [0.4, 0.5) is 5.69 Å². The summed E-state index contributed by atoms with van der Waals surface area (Å²) in [4.78, 5) is 29.0. The van der Waals surface area contributed by atoms with Gasteiger partial charge in [-0.05, 0) is 49.5 Å². The average Bonchev–Trinajstić information content (AvgIpc) is 2.62. The van der Waals surface area contributed by atoms with Crippen molar-refractivity contribution in [2.75, 3.05) is 38.5 Å². The molecule has 0 saturated carbocycles. The van der Waals surface area contributed by atoms with Gasteiger partial charge in [-0.15, -0.1) is 0 Å². The van der Waals surface area contributed by atoms with E-state index >= 15 is 0 Å². The van der Waals surface area contributed by atoms with Gasteiger partial charge >= 0.3 is 0 Å². The maximum Gasteiger partial charge on any atom is 0.255 e. The standard InChI is InChI=1S/C19H20ClN3O2/c1-22-9-11-23(12-10-22)19(25)15-3-2-4-17(13-15)21-18(24)14-5-7-16(20)8-6-14/h2-8,13H,9-12H2,1H3,(H,21,24). The van der Waals surface area contributed by atoms with Gasteiger partial charge in [0.1, 0.15) is 0 Å². The van der Waals surface area contributed by atoms with Crippen LogP contribution in [0.3, 0.4) is 0 Å². The van der Waals surface area contributed by atoms with Gasteiger partial charge in [0, 0.05) is 48.0 Å². The summed E-state index contributed by atoms with van der Waals surface area (Å²) >= 11 is 5.84. The summed E-state index contributed by atoms with van der Waals surface area (Å²) in [6, 6.07) is 13.7. The molecule has 1 aliphatic heterocycles. The Hall–Kier alpha value is -2.37. The Labute approximate surface area is 152 Å². The number of benzene rings is 2. The molecule has 5 nitrogen and oxygen atoms in total. The Morgan fingerprint density at radius 2 is 1.64 bits per heavy atom. The maximum absolute atomic E-state index is 12.6. The van der Waals surface area contributed by atoms with Crippen molar-refractivity contribution in [3.05, 3.63) is 64.7 Å². The van der Waals surface area contributed by atoms with E-state index < -0.39 is 0 Å². The number of carbonyl (C=O) groups excluding carboxylic acids is 2. The van der Waals surface area contributed by atoms with Gasteiger partial charge in [0.05, 0.1) is 0 Å². The quantitative estimate of drug-likeness (QED) is 0.918. The zero-order valence-corrected chi connectivity index (χ0v) is 14.8. The molecule has 1 fully saturated rings. The lowest BCUT2D eigenvalue weighted by Gasteiger charge is -2.32. The third kappa shape index (κ3) is 4.38. The fourth-order valence-corrected chi connectivity index (χ4v) is 2.85. The van der Waals surface area contributed by atoms with E-state index in [1.165, 1.54) is 0 Å². The Morgan fingerprint density at radius 1 is 0.960 bits per heavy atom. The Kier molecular flexibility index (Phi) is 5.36. The van der Waals surface area contributed by atoms with Crippen LogP contribution in [0.15, 0.2) is 48.5 Å². The molecule has 2 aromatic rings. The lowest BCUT2D eigenvalue weighted by atomic mass is 10.1. The lowest BCUT2D eigenvalue weighted by molar-refractivity contribution is 0.0664. The first-order chi connectivity index (χ1) is 12.0. The number of anilines is 1. The molecule has 2 aromatic carbocycles. The second-order valence-corrected chi connectivity index (χ2v) is 6.57. The molecule has 0 aliphatic carbocycles. The number of halogens is 1. The highest BCUT2D eigenvalue weighted by molar-refractivity contribution is 6.30. The van der Waals surface area contributed by atoms with E-state index in [-0.39, 0.29) is 11.8 Å². The molecule has 1 saturated heterocycles. The fraction of sp³-hybridized carbons (Fsp3) is 0.263. The van der Waals surface area contributed by atoms with Gasteiger partial charge in [0.15, 0.2) is 0 Å². The van der Waals surface area contributed by atoms with Crippen LogP contribution in [0.2, 0.25) is 5.02 Å². The van der Waals surface area contributed by atoms with Crippen LogP contribution in [-0.4, -0.2) is 54.8 Å². The van der Waals surface area contributed by atoms with Gasteiger partial charge in [-0.2, -0.15) is 0 Å². The van der Waals surface area contributed by atoms with E-state index in [0.29, 0.717) is 21.8 Å². The number of piperazine rings is 1. The molecule has 3 rings (SSSR count). The van der Waals surface area contributed by atoms with E-state index in [2.05, 4.69) is 17.3 Å². The number of hydrogen-bond donors (Lipinski definition) is 1. The van der Waals surface area contributed by atoms with Crippen LogP contribution in [0.5, 0.6) is 0 Å². The molecule has 0 spiro atoms. The molecule has 1 N–H and O–H groups in total. The fourth-order valence-electron chi connectivity index (χ4n) is 2.73. The molecule has 2 amide bonds. The summed E-state index contributed by atoms with van der Waals surface area (Å²) in [7, 11) is 2.05. The number of carbonyl (C=O) groups is 2. The molecule has 1 heterocycles. The van der Waals surface area contributed by atoms with E-state index in [9.17, 15) is 9.59 Å². The van der Waals surface area contributed by atoms with Crippen molar-refractivity contribution in [3.8, 4) is 0 Å². The van der Waals surface area contributed by atoms with Crippen molar-refractivity contribution in [2.24, 2.45) is 0 Å². The highest BCUT2D eigenvalue weighted by Gasteiger charge is 2.20. The minimum absolute atomic E-state index is 0.00399. The predicted molar refractivity (Wildman–Crippen MR) is 99.2 cm³/mol. The zero-order valence-electron chi connectivity index (χ0n) is 14.0. The van der Waals surface area contributed by atoms with Crippen LogP contribution in [-0.2, 0) is 0 Å². The number of nitrogens with zero attached hydrogens (tertiary/aromatic N) is 2. The first-order valence-corrected chi connectivity index (χ1v) is 8.55. The van der Waals surface area contributed by atoms with Crippen molar-refractivity contribution in [1.82, 2.24) is 9.80 Å². The molecule has 6 heteroatoms. The molecule has 130 valence electrons. The number of nitrogens with one attached hydrogen (secondary N) is 1. The van der Waals surface area contributed by atoms with Gasteiger partial charge < -0.3 is 15.1 Å². The number of likely N-dealkylation sites (N-methyl/N-ethyl adjacent to an activating group) is 1. The summed E-state index contributed by atoms with van der Waals surface area (Å²) in [5.74, 6) is -0.239. The molecule has 25 heavy (non-hydrogen) atoms. The van der Waals surface area contributed by atoms with Crippen molar-refractivity contribution in [1.29, 1.82) is 0 Å². The maximum atomic E-state index is 12.6. The van der Waals surface area contributed by atoms with Crippen molar-refractivity contribution in [3.63, 3.8) is 0 Å². The SMILES string of the molecule is CN1CCN(C(=O)c2cccc(NC(=O)c3ccc(Cl)cc3)c2)CC1. The molecule has 0 bridgehead atoms. The minimum atomic E-state index is -0.235. The predicted octanol–water partition coefficient (Wildman–Crippen LogP) is 2.98. The molecule has 0 unspecified atom stereocenters. The zero-order chi connectivity index (χ0) is 17.8. The van der Waals surface area contributed by atoms with Gasteiger partial charge in [0.2, 0.25) is 0 Å².